The van der Waals surface area contributed by atoms with Gasteiger partial charge < -0.3 is 24.1 Å². The van der Waals surface area contributed by atoms with E-state index in [4.69, 9.17) is 13.9 Å². The minimum absolute atomic E-state index is 0.0429. The number of esters is 1. The number of phenolic OH excluding ortho intramolecular Hbond substituents is 2. The molecular formula is C25H18O7. The molecule has 1 unspecified atom stereocenters. The van der Waals surface area contributed by atoms with Crippen molar-refractivity contribution in [2.24, 2.45) is 0 Å². The van der Waals surface area contributed by atoms with E-state index in [2.05, 4.69) is 0 Å². The second-order valence-corrected chi connectivity index (χ2v) is 7.49. The molecule has 2 N–H and O–H groups in total. The molecule has 2 heterocycles. The van der Waals surface area contributed by atoms with Crippen LogP contribution in [0.5, 0.6) is 23.0 Å². The third-order valence-corrected chi connectivity index (χ3v) is 5.60. The molecule has 5 rings (SSSR count). The SMILES string of the molecule is COc1cccc(C2CC(=O)Oc3c(O)c(O)c4c(=O)cc(-c5ccccc5)oc4c32)c1. The first-order chi connectivity index (χ1) is 15.5. The summed E-state index contributed by atoms with van der Waals surface area (Å²) >= 11 is 0. The number of methoxy groups -OCH3 is 1. The van der Waals surface area contributed by atoms with E-state index in [-0.39, 0.29) is 28.9 Å². The lowest BCUT2D eigenvalue weighted by atomic mass is 9.84. The maximum absolute atomic E-state index is 13.0. The van der Waals surface area contributed by atoms with Gasteiger partial charge in [0.25, 0.3) is 0 Å². The second-order valence-electron chi connectivity index (χ2n) is 7.49. The molecule has 0 fully saturated rings. The van der Waals surface area contributed by atoms with Gasteiger partial charge in [0.2, 0.25) is 5.75 Å². The van der Waals surface area contributed by atoms with E-state index in [0.29, 0.717) is 22.4 Å². The van der Waals surface area contributed by atoms with Crippen molar-refractivity contribution >= 4 is 16.9 Å². The molecule has 0 saturated carbocycles. The van der Waals surface area contributed by atoms with Crippen molar-refractivity contribution in [3.63, 3.8) is 0 Å². The van der Waals surface area contributed by atoms with Crippen molar-refractivity contribution in [1.29, 1.82) is 0 Å². The van der Waals surface area contributed by atoms with E-state index in [1.807, 2.05) is 24.3 Å². The third-order valence-electron chi connectivity index (χ3n) is 5.60. The number of hydrogen-bond acceptors (Lipinski definition) is 7. The molecule has 0 saturated heterocycles. The number of hydrogen-bond donors (Lipinski definition) is 2. The van der Waals surface area contributed by atoms with Gasteiger partial charge in [-0.25, -0.2) is 0 Å². The van der Waals surface area contributed by atoms with Crippen molar-refractivity contribution in [3.05, 3.63) is 82.0 Å². The van der Waals surface area contributed by atoms with Crippen LogP contribution < -0.4 is 14.9 Å². The van der Waals surface area contributed by atoms with Gasteiger partial charge in [0.05, 0.1) is 19.1 Å². The number of ether oxygens (including phenoxy) is 2. The quantitative estimate of drug-likeness (QED) is 0.283. The Morgan fingerprint density at radius 2 is 1.75 bits per heavy atom. The molecule has 4 aromatic rings. The average Bonchev–Trinajstić information content (AvgIpc) is 2.82. The second kappa shape index (κ2) is 7.46. The summed E-state index contributed by atoms with van der Waals surface area (Å²) in [7, 11) is 1.53. The molecule has 1 aliphatic rings. The predicted molar refractivity (Wildman–Crippen MR) is 116 cm³/mol. The van der Waals surface area contributed by atoms with Gasteiger partial charge in [-0.2, -0.15) is 0 Å². The smallest absolute Gasteiger partial charge is 0.312 e. The van der Waals surface area contributed by atoms with Crippen LogP contribution in [0.3, 0.4) is 0 Å². The summed E-state index contributed by atoms with van der Waals surface area (Å²) < 4.78 is 16.7. The fourth-order valence-corrected chi connectivity index (χ4v) is 4.10. The molecule has 0 spiro atoms. The van der Waals surface area contributed by atoms with Crippen molar-refractivity contribution in [2.45, 2.75) is 12.3 Å². The zero-order valence-electron chi connectivity index (χ0n) is 17.0. The van der Waals surface area contributed by atoms with Crippen LogP contribution in [0.15, 0.2) is 69.9 Å². The highest BCUT2D eigenvalue weighted by atomic mass is 16.5. The lowest BCUT2D eigenvalue weighted by Crippen LogP contribution is -2.22. The predicted octanol–water partition coefficient (Wildman–Crippen LogP) is 4.32. The molecule has 0 radical (unpaired) electrons. The number of aromatic hydroxyl groups is 2. The Balaban J connectivity index is 1.86. The van der Waals surface area contributed by atoms with Crippen LogP contribution in [-0.2, 0) is 4.79 Å². The summed E-state index contributed by atoms with van der Waals surface area (Å²) in [5.74, 6) is -1.88. The molecule has 0 aliphatic carbocycles. The normalized spacial score (nSPS) is 15.3. The number of phenols is 2. The van der Waals surface area contributed by atoms with Gasteiger partial charge in [-0.05, 0) is 17.7 Å². The Kier molecular flexibility index (Phi) is 4.59. The van der Waals surface area contributed by atoms with Crippen LogP contribution in [-0.4, -0.2) is 23.3 Å². The van der Waals surface area contributed by atoms with E-state index in [1.165, 1.54) is 13.2 Å². The van der Waals surface area contributed by atoms with Crippen molar-refractivity contribution < 1.29 is 28.9 Å². The first-order valence-corrected chi connectivity index (χ1v) is 9.93. The number of fused-ring (bicyclic) bond motifs is 3. The number of benzene rings is 3. The molecule has 3 aromatic carbocycles. The van der Waals surface area contributed by atoms with Gasteiger partial charge in [0.1, 0.15) is 22.5 Å². The Morgan fingerprint density at radius 3 is 2.50 bits per heavy atom. The summed E-state index contributed by atoms with van der Waals surface area (Å²) in [5.41, 5.74) is 1.22. The molecule has 1 atom stereocenters. The maximum Gasteiger partial charge on any atom is 0.312 e. The van der Waals surface area contributed by atoms with Crippen LogP contribution in [0.25, 0.3) is 22.3 Å². The molecule has 7 heteroatoms. The fraction of sp³-hybridized carbons (Fsp3) is 0.120. The van der Waals surface area contributed by atoms with Crippen LogP contribution >= 0.6 is 0 Å². The van der Waals surface area contributed by atoms with Crippen molar-refractivity contribution in [3.8, 4) is 34.3 Å². The zero-order valence-corrected chi connectivity index (χ0v) is 17.0. The standard InChI is InChI=1S/C25H18O7/c1-30-15-9-5-8-14(10-15)16-11-19(27)32-25-20(16)24-21(22(28)23(25)29)17(26)12-18(31-24)13-6-3-2-4-7-13/h2-10,12,16,28-29H,11H2,1H3. The van der Waals surface area contributed by atoms with Crippen LogP contribution in [0, 0.1) is 0 Å². The summed E-state index contributed by atoms with van der Waals surface area (Å²) in [5, 5.41) is 21.0. The molecule has 1 aliphatic heterocycles. The van der Waals surface area contributed by atoms with E-state index in [1.54, 1.807) is 30.3 Å². The van der Waals surface area contributed by atoms with Crippen LogP contribution in [0.2, 0.25) is 0 Å². The number of carbonyl (C=O) groups is 1. The number of carbonyl (C=O) groups excluding carboxylic acids is 1. The van der Waals surface area contributed by atoms with E-state index < -0.39 is 28.8 Å². The Morgan fingerprint density at radius 1 is 0.969 bits per heavy atom. The van der Waals surface area contributed by atoms with Gasteiger partial charge >= 0.3 is 5.97 Å². The zero-order chi connectivity index (χ0) is 22.4. The van der Waals surface area contributed by atoms with Crippen LogP contribution in [0.4, 0.5) is 0 Å². The highest BCUT2D eigenvalue weighted by Gasteiger charge is 2.36. The summed E-state index contributed by atoms with van der Waals surface area (Å²) in [4.78, 5) is 25.4. The molecule has 7 nitrogen and oxygen atoms in total. The van der Waals surface area contributed by atoms with Crippen molar-refractivity contribution in [2.75, 3.05) is 7.11 Å². The first-order valence-electron chi connectivity index (χ1n) is 9.93. The summed E-state index contributed by atoms with van der Waals surface area (Å²) in [6, 6.07) is 17.4. The van der Waals surface area contributed by atoms with Gasteiger partial charge in [0.15, 0.2) is 16.9 Å². The summed E-state index contributed by atoms with van der Waals surface area (Å²) in [6.07, 6.45) is -0.0429. The monoisotopic (exact) mass is 430 g/mol. The fourth-order valence-electron chi connectivity index (χ4n) is 4.10. The van der Waals surface area contributed by atoms with Gasteiger partial charge in [-0.3, -0.25) is 9.59 Å². The molecule has 160 valence electrons. The maximum atomic E-state index is 13.0. The lowest BCUT2D eigenvalue weighted by Gasteiger charge is -2.27. The number of rotatable bonds is 3. The van der Waals surface area contributed by atoms with Crippen LogP contribution in [0.1, 0.15) is 23.5 Å². The van der Waals surface area contributed by atoms with E-state index in [0.717, 1.165) is 0 Å². The van der Waals surface area contributed by atoms with E-state index in [9.17, 15) is 19.8 Å². The third kappa shape index (κ3) is 3.06. The highest BCUT2D eigenvalue weighted by Crippen LogP contribution is 2.52. The lowest BCUT2D eigenvalue weighted by molar-refractivity contribution is -0.135. The Bertz CT molecular complexity index is 1420. The average molecular weight is 430 g/mol. The molecular weight excluding hydrogens is 412 g/mol. The van der Waals surface area contributed by atoms with E-state index >= 15 is 0 Å². The minimum Gasteiger partial charge on any atom is -0.504 e. The topological polar surface area (TPSA) is 106 Å². The highest BCUT2D eigenvalue weighted by molar-refractivity contribution is 5.96. The summed E-state index contributed by atoms with van der Waals surface area (Å²) in [6.45, 7) is 0. The first kappa shape index (κ1) is 19.7. The Labute approximate surface area is 182 Å². The Hall–Kier alpha value is -4.26. The largest absolute Gasteiger partial charge is 0.504 e. The molecule has 1 aromatic heterocycles. The molecule has 0 amide bonds. The van der Waals surface area contributed by atoms with Gasteiger partial charge in [0, 0.05) is 17.5 Å². The van der Waals surface area contributed by atoms with Gasteiger partial charge in [-0.15, -0.1) is 0 Å². The molecule has 0 bridgehead atoms. The minimum atomic E-state index is -0.689. The van der Waals surface area contributed by atoms with Crippen molar-refractivity contribution in [1.82, 2.24) is 0 Å². The molecule has 32 heavy (non-hydrogen) atoms. The van der Waals surface area contributed by atoms with Gasteiger partial charge in [-0.1, -0.05) is 42.5 Å².